The molecule has 2 heterocycles. The van der Waals surface area contributed by atoms with Crippen LogP contribution in [0, 0.1) is 0 Å². The third kappa shape index (κ3) is 5.40. The normalized spacial score (nSPS) is 11.7. The summed E-state index contributed by atoms with van der Waals surface area (Å²) in [7, 11) is 2.03. The summed E-state index contributed by atoms with van der Waals surface area (Å²) < 4.78 is 2.07. The van der Waals surface area contributed by atoms with Gasteiger partial charge in [0.1, 0.15) is 17.7 Å². The molecular weight excluding hydrogens is 386 g/mol. The number of hydrogen-bond donors (Lipinski definition) is 0. The van der Waals surface area contributed by atoms with Crippen LogP contribution >= 0.6 is 0 Å². The molecule has 31 heavy (non-hydrogen) atoms. The van der Waals surface area contributed by atoms with Gasteiger partial charge in [0.15, 0.2) is 5.65 Å². The molecule has 0 fully saturated rings. The minimum atomic E-state index is 0.827. The summed E-state index contributed by atoms with van der Waals surface area (Å²) in [6.45, 7) is 17.3. The topological polar surface area (TPSA) is 53.3 Å². The van der Waals surface area contributed by atoms with Gasteiger partial charge in [-0.3, -0.25) is 0 Å². The molecule has 0 radical (unpaired) electrons. The van der Waals surface area contributed by atoms with Gasteiger partial charge in [0.25, 0.3) is 0 Å². The highest BCUT2D eigenvalue weighted by Gasteiger charge is 2.18. The second-order valence-corrected chi connectivity index (χ2v) is 7.78. The molecular formula is C24H37N7. The van der Waals surface area contributed by atoms with E-state index in [1.807, 2.05) is 7.05 Å². The van der Waals surface area contributed by atoms with E-state index in [0.29, 0.717) is 0 Å². The summed E-state index contributed by atoms with van der Waals surface area (Å²) in [5.41, 5.74) is 4.06. The third-order valence-corrected chi connectivity index (χ3v) is 6.18. The predicted octanol–water partition coefficient (Wildman–Crippen LogP) is 3.52. The van der Waals surface area contributed by atoms with Gasteiger partial charge in [-0.05, 0) is 38.3 Å². The first-order valence-corrected chi connectivity index (χ1v) is 11.5. The number of rotatable bonds is 12. The number of nitrogens with zero attached hydrogens (tertiary/aromatic N) is 7. The molecule has 2 aromatic heterocycles. The average molecular weight is 424 g/mol. The standard InChI is InChI=1S/C24H37N7/c1-6-29(7-2)14-16-31(17-15-30(8-3)9-4)22-13-11-10-12-20(22)23-27-21-18-25-19-26-24(21)28(23)5/h10-13,18-19H,6-9,14-17H2,1-5H3. The van der Waals surface area contributed by atoms with Crippen LogP contribution in [0.15, 0.2) is 36.8 Å². The molecule has 0 amide bonds. The van der Waals surface area contributed by atoms with Crippen LogP contribution in [0.1, 0.15) is 27.7 Å². The number of likely N-dealkylation sites (N-methyl/N-ethyl adjacent to an activating group) is 2. The lowest BCUT2D eigenvalue weighted by Crippen LogP contribution is -2.40. The van der Waals surface area contributed by atoms with Crippen molar-refractivity contribution < 1.29 is 0 Å². The maximum Gasteiger partial charge on any atom is 0.163 e. The molecule has 0 saturated carbocycles. The number of benzene rings is 1. The Kier molecular flexibility index (Phi) is 8.37. The van der Waals surface area contributed by atoms with Crippen molar-refractivity contribution in [2.75, 3.05) is 57.3 Å². The van der Waals surface area contributed by atoms with Crippen molar-refractivity contribution in [3.63, 3.8) is 0 Å². The fourth-order valence-corrected chi connectivity index (χ4v) is 4.08. The van der Waals surface area contributed by atoms with Crippen LogP contribution in [-0.4, -0.2) is 81.7 Å². The Morgan fingerprint density at radius 2 is 1.45 bits per heavy atom. The van der Waals surface area contributed by atoms with E-state index in [1.165, 1.54) is 5.69 Å². The van der Waals surface area contributed by atoms with Crippen molar-refractivity contribution in [3.05, 3.63) is 36.8 Å². The maximum atomic E-state index is 4.87. The zero-order valence-electron chi connectivity index (χ0n) is 19.8. The third-order valence-electron chi connectivity index (χ3n) is 6.18. The van der Waals surface area contributed by atoms with Gasteiger partial charge in [-0.15, -0.1) is 0 Å². The van der Waals surface area contributed by atoms with Crippen LogP contribution in [0.4, 0.5) is 5.69 Å². The molecule has 0 aliphatic rings. The molecule has 7 nitrogen and oxygen atoms in total. The quantitative estimate of drug-likeness (QED) is 0.444. The fourth-order valence-electron chi connectivity index (χ4n) is 4.08. The van der Waals surface area contributed by atoms with E-state index in [4.69, 9.17) is 4.98 Å². The Morgan fingerprint density at radius 1 is 0.839 bits per heavy atom. The molecule has 168 valence electrons. The summed E-state index contributed by atoms with van der Waals surface area (Å²) in [5.74, 6) is 0.932. The summed E-state index contributed by atoms with van der Waals surface area (Å²) in [4.78, 5) is 20.9. The molecule has 0 aliphatic heterocycles. The second-order valence-electron chi connectivity index (χ2n) is 7.78. The van der Waals surface area contributed by atoms with Gasteiger partial charge < -0.3 is 19.3 Å². The highest BCUT2D eigenvalue weighted by molar-refractivity contribution is 5.81. The van der Waals surface area contributed by atoms with Crippen LogP contribution in [0.5, 0.6) is 0 Å². The van der Waals surface area contributed by atoms with Gasteiger partial charge in [-0.25, -0.2) is 15.0 Å². The minimum Gasteiger partial charge on any atom is -0.368 e. The SMILES string of the molecule is CCN(CC)CCN(CCN(CC)CC)c1ccccc1-c1nc2cncnc2n1C. The van der Waals surface area contributed by atoms with Crippen molar-refractivity contribution in [2.45, 2.75) is 27.7 Å². The molecule has 0 atom stereocenters. The van der Waals surface area contributed by atoms with Gasteiger partial charge in [-0.1, -0.05) is 39.8 Å². The number of anilines is 1. The van der Waals surface area contributed by atoms with Crippen LogP contribution in [0.3, 0.4) is 0 Å². The predicted molar refractivity (Wildman–Crippen MR) is 130 cm³/mol. The van der Waals surface area contributed by atoms with E-state index in [-0.39, 0.29) is 0 Å². The molecule has 3 rings (SSSR count). The lowest BCUT2D eigenvalue weighted by Gasteiger charge is -2.31. The molecule has 3 aromatic rings. The Bertz CT molecular complexity index is 928. The van der Waals surface area contributed by atoms with Gasteiger partial charge in [0, 0.05) is 44.5 Å². The number of hydrogen-bond acceptors (Lipinski definition) is 6. The van der Waals surface area contributed by atoms with E-state index in [2.05, 4.69) is 81.2 Å². The smallest absolute Gasteiger partial charge is 0.163 e. The molecule has 7 heteroatoms. The lowest BCUT2D eigenvalue weighted by atomic mass is 10.1. The summed E-state index contributed by atoms with van der Waals surface area (Å²) in [6, 6.07) is 8.62. The molecule has 0 aliphatic carbocycles. The largest absolute Gasteiger partial charge is 0.368 e. The second kappa shape index (κ2) is 11.2. The molecule has 0 spiro atoms. The molecule has 0 saturated heterocycles. The first kappa shape index (κ1) is 23.2. The zero-order valence-corrected chi connectivity index (χ0v) is 19.8. The summed E-state index contributed by atoms with van der Waals surface area (Å²) in [6.07, 6.45) is 3.37. The molecule has 1 aromatic carbocycles. The van der Waals surface area contributed by atoms with Crippen LogP contribution in [-0.2, 0) is 7.05 Å². The van der Waals surface area contributed by atoms with Crippen molar-refractivity contribution >= 4 is 16.9 Å². The lowest BCUT2D eigenvalue weighted by molar-refractivity contribution is 0.294. The number of fused-ring (bicyclic) bond motifs is 1. The zero-order chi connectivity index (χ0) is 22.2. The summed E-state index contributed by atoms with van der Waals surface area (Å²) in [5, 5.41) is 0. The van der Waals surface area contributed by atoms with Gasteiger partial charge in [0.05, 0.1) is 6.20 Å². The van der Waals surface area contributed by atoms with E-state index >= 15 is 0 Å². The van der Waals surface area contributed by atoms with Gasteiger partial charge in [0.2, 0.25) is 0 Å². The van der Waals surface area contributed by atoms with E-state index < -0.39 is 0 Å². The fraction of sp³-hybridized carbons (Fsp3) is 0.542. The van der Waals surface area contributed by atoms with Crippen LogP contribution in [0.25, 0.3) is 22.6 Å². The van der Waals surface area contributed by atoms with Gasteiger partial charge >= 0.3 is 0 Å². The first-order valence-electron chi connectivity index (χ1n) is 11.5. The van der Waals surface area contributed by atoms with Crippen molar-refractivity contribution in [2.24, 2.45) is 7.05 Å². The Labute approximate surface area is 186 Å². The number of aromatic nitrogens is 4. The molecule has 0 bridgehead atoms. The molecule has 0 N–H and O–H groups in total. The van der Waals surface area contributed by atoms with E-state index in [1.54, 1.807) is 12.5 Å². The van der Waals surface area contributed by atoms with Crippen molar-refractivity contribution in [1.29, 1.82) is 0 Å². The van der Waals surface area contributed by atoms with Crippen LogP contribution in [0.2, 0.25) is 0 Å². The minimum absolute atomic E-state index is 0.827. The first-order chi connectivity index (χ1) is 15.1. The monoisotopic (exact) mass is 423 g/mol. The Morgan fingerprint density at radius 3 is 2.03 bits per heavy atom. The van der Waals surface area contributed by atoms with E-state index in [0.717, 1.165) is 74.9 Å². The highest BCUT2D eigenvalue weighted by Crippen LogP contribution is 2.31. The Balaban J connectivity index is 1.96. The highest BCUT2D eigenvalue weighted by atomic mass is 15.2. The number of imidazole rings is 1. The molecule has 0 unspecified atom stereocenters. The summed E-state index contributed by atoms with van der Waals surface area (Å²) >= 11 is 0. The van der Waals surface area contributed by atoms with Crippen molar-refractivity contribution in [3.8, 4) is 11.4 Å². The van der Waals surface area contributed by atoms with E-state index in [9.17, 15) is 0 Å². The van der Waals surface area contributed by atoms with Crippen molar-refractivity contribution in [1.82, 2.24) is 29.3 Å². The van der Waals surface area contributed by atoms with Crippen LogP contribution < -0.4 is 4.90 Å². The maximum absolute atomic E-state index is 4.87. The number of para-hydroxylation sites is 1. The average Bonchev–Trinajstić information content (AvgIpc) is 3.15. The number of aryl methyl sites for hydroxylation is 1. The van der Waals surface area contributed by atoms with Gasteiger partial charge in [-0.2, -0.15) is 0 Å². The Hall–Kier alpha value is -2.51.